The number of hydrogen-bond acceptors (Lipinski definition) is 3. The highest BCUT2D eigenvalue weighted by Crippen LogP contribution is 2.23. The smallest absolute Gasteiger partial charge is 0.251 e. The van der Waals surface area contributed by atoms with Gasteiger partial charge in [0.15, 0.2) is 0 Å². The molecule has 0 saturated heterocycles. The Kier molecular flexibility index (Phi) is 6.87. The van der Waals surface area contributed by atoms with Gasteiger partial charge in [-0.2, -0.15) is 0 Å². The molecule has 3 aromatic carbocycles. The minimum atomic E-state index is -0.114. The maximum atomic E-state index is 12.6. The average molecular weight is 391 g/mol. The maximum Gasteiger partial charge on any atom is 0.251 e. The molecule has 0 bridgehead atoms. The standard InChI is InChI=1S/C24H26N2O3/c1-26(2)22(21-11-7-8-12-23(21)28-3)17-25-24(27)18-13-15-20(16-14-18)29-19-9-5-4-6-10-19/h4-16,22H,17H2,1-3H3,(H,25,27)/p+1/t22-/m1/s1. The van der Waals surface area contributed by atoms with E-state index in [1.165, 1.54) is 4.90 Å². The summed E-state index contributed by atoms with van der Waals surface area (Å²) in [5.74, 6) is 2.17. The van der Waals surface area contributed by atoms with Crippen LogP contribution in [0.1, 0.15) is 22.0 Å². The Hall–Kier alpha value is -3.31. The van der Waals surface area contributed by atoms with E-state index in [0.29, 0.717) is 17.9 Å². The van der Waals surface area contributed by atoms with Crippen molar-refractivity contribution in [1.82, 2.24) is 5.32 Å². The van der Waals surface area contributed by atoms with Gasteiger partial charge < -0.3 is 19.7 Å². The van der Waals surface area contributed by atoms with Gasteiger partial charge in [0, 0.05) is 5.56 Å². The van der Waals surface area contributed by atoms with Crippen molar-refractivity contribution in [1.29, 1.82) is 0 Å². The summed E-state index contributed by atoms with van der Waals surface area (Å²) in [6.45, 7) is 0.504. The van der Waals surface area contributed by atoms with Crippen molar-refractivity contribution in [2.24, 2.45) is 0 Å². The highest BCUT2D eigenvalue weighted by Gasteiger charge is 2.22. The molecule has 0 unspecified atom stereocenters. The SMILES string of the molecule is COc1ccccc1[C@@H](CNC(=O)c1ccc(Oc2ccccc2)cc1)[NH+](C)C. The molecule has 3 aromatic rings. The van der Waals surface area contributed by atoms with Crippen molar-refractivity contribution in [3.63, 3.8) is 0 Å². The molecule has 5 nitrogen and oxygen atoms in total. The van der Waals surface area contributed by atoms with E-state index in [2.05, 4.69) is 19.4 Å². The van der Waals surface area contributed by atoms with Crippen LogP contribution >= 0.6 is 0 Å². The Morgan fingerprint density at radius 3 is 2.17 bits per heavy atom. The molecule has 0 saturated carbocycles. The van der Waals surface area contributed by atoms with Gasteiger partial charge in [-0.25, -0.2) is 0 Å². The normalized spacial score (nSPS) is 11.7. The lowest BCUT2D eigenvalue weighted by atomic mass is 10.0. The number of benzene rings is 3. The second kappa shape index (κ2) is 9.75. The van der Waals surface area contributed by atoms with E-state index < -0.39 is 0 Å². The average Bonchev–Trinajstić information content (AvgIpc) is 2.75. The van der Waals surface area contributed by atoms with Crippen LogP contribution < -0.4 is 19.7 Å². The summed E-state index contributed by atoms with van der Waals surface area (Å²) in [6.07, 6.45) is 0. The number of carbonyl (C=O) groups is 1. The minimum absolute atomic E-state index is 0.0794. The van der Waals surface area contributed by atoms with E-state index in [-0.39, 0.29) is 11.9 Å². The summed E-state index contributed by atoms with van der Waals surface area (Å²) in [4.78, 5) is 13.8. The summed E-state index contributed by atoms with van der Waals surface area (Å²) in [6, 6.07) is 24.7. The van der Waals surface area contributed by atoms with E-state index >= 15 is 0 Å². The second-order valence-electron chi connectivity index (χ2n) is 7.02. The highest BCUT2D eigenvalue weighted by atomic mass is 16.5. The van der Waals surface area contributed by atoms with Crippen molar-refractivity contribution in [2.75, 3.05) is 27.7 Å². The number of nitrogens with one attached hydrogen (secondary N) is 2. The number of para-hydroxylation sites is 2. The van der Waals surface area contributed by atoms with Crippen LogP contribution in [0.4, 0.5) is 0 Å². The fourth-order valence-electron chi connectivity index (χ4n) is 3.18. The Labute approximate surface area is 171 Å². The zero-order valence-corrected chi connectivity index (χ0v) is 17.0. The molecule has 29 heavy (non-hydrogen) atoms. The lowest BCUT2D eigenvalue weighted by molar-refractivity contribution is -0.890. The molecular weight excluding hydrogens is 364 g/mol. The van der Waals surface area contributed by atoms with Gasteiger partial charge in [-0.05, 0) is 48.5 Å². The number of rotatable bonds is 8. The third-order valence-electron chi connectivity index (χ3n) is 4.77. The number of ether oxygens (including phenoxy) is 2. The van der Waals surface area contributed by atoms with Gasteiger partial charge in [0.25, 0.3) is 5.91 Å². The van der Waals surface area contributed by atoms with E-state index in [1.54, 1.807) is 31.4 Å². The van der Waals surface area contributed by atoms with Crippen molar-refractivity contribution in [3.8, 4) is 17.2 Å². The Balaban J connectivity index is 1.64. The predicted octanol–water partition coefficient (Wildman–Crippen LogP) is 3.10. The van der Waals surface area contributed by atoms with Crippen LogP contribution in [-0.4, -0.2) is 33.7 Å². The molecule has 0 fully saturated rings. The van der Waals surface area contributed by atoms with Gasteiger partial charge in [-0.3, -0.25) is 4.79 Å². The van der Waals surface area contributed by atoms with E-state index in [1.807, 2.05) is 54.6 Å². The number of hydrogen-bond donors (Lipinski definition) is 2. The molecule has 3 rings (SSSR count). The molecule has 150 valence electrons. The van der Waals surface area contributed by atoms with Crippen LogP contribution in [0.2, 0.25) is 0 Å². The monoisotopic (exact) mass is 391 g/mol. The molecular formula is C24H27N2O3+. The number of carbonyl (C=O) groups excluding carboxylic acids is 1. The highest BCUT2D eigenvalue weighted by molar-refractivity contribution is 5.94. The van der Waals surface area contributed by atoms with Crippen LogP contribution in [0.15, 0.2) is 78.9 Å². The summed E-state index contributed by atoms with van der Waals surface area (Å²) in [5, 5.41) is 3.04. The minimum Gasteiger partial charge on any atom is -0.496 e. The predicted molar refractivity (Wildman–Crippen MR) is 114 cm³/mol. The Bertz CT molecular complexity index is 924. The largest absolute Gasteiger partial charge is 0.496 e. The lowest BCUT2D eigenvalue weighted by Gasteiger charge is -2.23. The molecule has 0 aliphatic carbocycles. The number of amides is 1. The third-order valence-corrected chi connectivity index (χ3v) is 4.77. The van der Waals surface area contributed by atoms with E-state index in [9.17, 15) is 4.79 Å². The first-order valence-electron chi connectivity index (χ1n) is 9.62. The zero-order valence-electron chi connectivity index (χ0n) is 17.0. The molecule has 0 spiro atoms. The molecule has 0 aromatic heterocycles. The van der Waals surface area contributed by atoms with Gasteiger partial charge in [-0.1, -0.05) is 30.3 Å². The third kappa shape index (κ3) is 5.36. The van der Waals surface area contributed by atoms with E-state index in [4.69, 9.17) is 9.47 Å². The second-order valence-corrected chi connectivity index (χ2v) is 7.02. The van der Waals surface area contributed by atoms with Crippen molar-refractivity contribution < 1.29 is 19.2 Å². The van der Waals surface area contributed by atoms with Gasteiger partial charge >= 0.3 is 0 Å². The van der Waals surface area contributed by atoms with Crippen molar-refractivity contribution in [2.45, 2.75) is 6.04 Å². The summed E-state index contributed by atoms with van der Waals surface area (Å²) in [7, 11) is 5.80. The van der Waals surface area contributed by atoms with Crippen molar-refractivity contribution >= 4 is 5.91 Å². The van der Waals surface area contributed by atoms with Crippen LogP contribution in [0.5, 0.6) is 17.2 Å². The lowest BCUT2D eigenvalue weighted by Crippen LogP contribution is -3.07. The van der Waals surface area contributed by atoms with Crippen molar-refractivity contribution in [3.05, 3.63) is 90.0 Å². The maximum absolute atomic E-state index is 12.6. The quantitative estimate of drug-likeness (QED) is 0.620. The summed E-state index contributed by atoms with van der Waals surface area (Å²) in [5.41, 5.74) is 1.67. The fraction of sp³-hybridized carbons (Fsp3) is 0.208. The number of likely N-dealkylation sites (N-methyl/N-ethyl adjacent to an activating group) is 1. The fourth-order valence-corrected chi connectivity index (χ4v) is 3.18. The van der Waals surface area contributed by atoms with Gasteiger partial charge in [0.2, 0.25) is 0 Å². The summed E-state index contributed by atoms with van der Waals surface area (Å²) >= 11 is 0. The Morgan fingerprint density at radius 2 is 1.52 bits per heavy atom. The molecule has 0 heterocycles. The van der Waals surface area contributed by atoms with Gasteiger partial charge in [0.1, 0.15) is 23.3 Å². The molecule has 0 aliphatic rings. The van der Waals surface area contributed by atoms with Crippen LogP contribution in [0.3, 0.4) is 0 Å². The molecule has 0 radical (unpaired) electrons. The van der Waals surface area contributed by atoms with E-state index in [0.717, 1.165) is 17.1 Å². The van der Waals surface area contributed by atoms with Crippen LogP contribution in [0, 0.1) is 0 Å². The molecule has 0 aliphatic heterocycles. The first kappa shape index (κ1) is 20.4. The molecule has 2 N–H and O–H groups in total. The molecule has 5 heteroatoms. The van der Waals surface area contributed by atoms with Gasteiger partial charge in [-0.15, -0.1) is 0 Å². The molecule has 1 amide bonds. The molecule has 1 atom stereocenters. The summed E-state index contributed by atoms with van der Waals surface area (Å²) < 4.78 is 11.3. The zero-order chi connectivity index (χ0) is 20.6. The first-order chi connectivity index (χ1) is 14.1. The Morgan fingerprint density at radius 1 is 0.897 bits per heavy atom. The number of methoxy groups -OCH3 is 1. The first-order valence-corrected chi connectivity index (χ1v) is 9.62. The topological polar surface area (TPSA) is 52.0 Å². The van der Waals surface area contributed by atoms with Crippen LogP contribution in [0.25, 0.3) is 0 Å². The van der Waals surface area contributed by atoms with Crippen LogP contribution in [-0.2, 0) is 0 Å². The van der Waals surface area contributed by atoms with Gasteiger partial charge in [0.05, 0.1) is 33.3 Å². The number of quaternary nitrogens is 1.